The number of carbonyl (C=O) groups excluding carboxylic acids is 1. The fraction of sp³-hybridized carbons (Fsp3) is 0.889. The van der Waals surface area contributed by atoms with E-state index < -0.39 is 36.4 Å². The molecule has 0 bridgehead atoms. The lowest BCUT2D eigenvalue weighted by molar-refractivity contribution is -0.574. The molecule has 0 radical (unpaired) electrons. The van der Waals surface area contributed by atoms with E-state index in [9.17, 15) is 36.2 Å². The summed E-state index contributed by atoms with van der Waals surface area (Å²) in [4.78, 5) is 10.8. The van der Waals surface area contributed by atoms with Crippen LogP contribution >= 0.6 is 0 Å². The lowest BCUT2D eigenvalue weighted by Gasteiger charge is -2.40. The molecule has 0 aromatic rings. The standard InChI is InChI=1S/C9H11F6O3/c1-3-5(2)4-18-6(16)7(17,8(10,11)12)9(13,14)15/h5H,3-4H2,1-2H3/q-1. The molecule has 0 aromatic carbocycles. The van der Waals surface area contributed by atoms with E-state index in [2.05, 4.69) is 4.74 Å². The van der Waals surface area contributed by atoms with Gasteiger partial charge in [-0.05, 0) is 5.92 Å². The summed E-state index contributed by atoms with van der Waals surface area (Å²) in [7, 11) is 0. The molecule has 0 aliphatic rings. The van der Waals surface area contributed by atoms with Crippen molar-refractivity contribution < 1.29 is 41.0 Å². The van der Waals surface area contributed by atoms with E-state index in [0.29, 0.717) is 6.42 Å². The van der Waals surface area contributed by atoms with E-state index in [0.717, 1.165) is 0 Å². The molecule has 0 aromatic heterocycles. The summed E-state index contributed by atoms with van der Waals surface area (Å²) >= 11 is 0. The monoisotopic (exact) mass is 281 g/mol. The number of hydrogen-bond acceptors (Lipinski definition) is 3. The highest BCUT2D eigenvalue weighted by molar-refractivity contribution is 5.81. The van der Waals surface area contributed by atoms with Crippen molar-refractivity contribution in [3.8, 4) is 0 Å². The van der Waals surface area contributed by atoms with Crippen LogP contribution in [0.15, 0.2) is 0 Å². The van der Waals surface area contributed by atoms with Gasteiger partial charge in [0.1, 0.15) is 0 Å². The van der Waals surface area contributed by atoms with Crippen LogP contribution < -0.4 is 5.11 Å². The van der Waals surface area contributed by atoms with Crippen LogP contribution in [0.3, 0.4) is 0 Å². The number of halogens is 6. The van der Waals surface area contributed by atoms with Gasteiger partial charge in [-0.25, -0.2) is 0 Å². The van der Waals surface area contributed by atoms with Crippen molar-refractivity contribution in [3.05, 3.63) is 0 Å². The van der Waals surface area contributed by atoms with Gasteiger partial charge in [-0.2, -0.15) is 26.3 Å². The maximum atomic E-state index is 12.1. The van der Waals surface area contributed by atoms with Crippen molar-refractivity contribution >= 4 is 5.97 Å². The molecule has 1 atom stereocenters. The minimum absolute atomic E-state index is 0.372. The summed E-state index contributed by atoms with van der Waals surface area (Å²) in [5.74, 6) is -3.32. The van der Waals surface area contributed by atoms with Gasteiger partial charge in [0.25, 0.3) is 0 Å². The molecule has 0 aliphatic heterocycles. The predicted octanol–water partition coefficient (Wildman–Crippen LogP) is 1.80. The van der Waals surface area contributed by atoms with Gasteiger partial charge in [-0.3, -0.25) is 4.79 Å². The lowest BCUT2D eigenvalue weighted by Crippen LogP contribution is -2.71. The van der Waals surface area contributed by atoms with E-state index in [1.165, 1.54) is 6.92 Å². The highest BCUT2D eigenvalue weighted by atomic mass is 19.4. The van der Waals surface area contributed by atoms with E-state index in [1.807, 2.05) is 0 Å². The molecule has 0 saturated carbocycles. The van der Waals surface area contributed by atoms with Gasteiger partial charge in [0.2, 0.25) is 0 Å². The molecule has 0 amide bonds. The van der Waals surface area contributed by atoms with Gasteiger partial charge in [0, 0.05) is 0 Å². The number of esters is 1. The third-order valence-electron chi connectivity index (χ3n) is 2.28. The second-order valence-electron chi connectivity index (χ2n) is 3.79. The van der Waals surface area contributed by atoms with Crippen LogP contribution in [0.4, 0.5) is 26.3 Å². The summed E-state index contributed by atoms with van der Waals surface area (Å²) < 4.78 is 76.6. The average molecular weight is 281 g/mol. The Morgan fingerprint density at radius 3 is 1.83 bits per heavy atom. The van der Waals surface area contributed by atoms with Gasteiger partial charge < -0.3 is 9.84 Å². The molecule has 18 heavy (non-hydrogen) atoms. The first-order valence-corrected chi connectivity index (χ1v) is 4.89. The second-order valence-corrected chi connectivity index (χ2v) is 3.79. The zero-order valence-electron chi connectivity index (χ0n) is 9.48. The quantitative estimate of drug-likeness (QED) is 0.583. The van der Waals surface area contributed by atoms with Crippen LogP contribution in [0.2, 0.25) is 0 Å². The Morgan fingerprint density at radius 2 is 1.56 bits per heavy atom. The zero-order chi connectivity index (χ0) is 14.8. The van der Waals surface area contributed by atoms with Gasteiger partial charge in [-0.1, -0.05) is 20.3 Å². The Hall–Kier alpha value is -0.990. The number of ether oxygens (including phenoxy) is 1. The van der Waals surface area contributed by atoms with Gasteiger partial charge in [0.05, 0.1) is 6.61 Å². The lowest BCUT2D eigenvalue weighted by atomic mass is 10.0. The van der Waals surface area contributed by atoms with E-state index in [-0.39, 0.29) is 0 Å². The molecule has 3 nitrogen and oxygen atoms in total. The molecule has 108 valence electrons. The van der Waals surface area contributed by atoms with Gasteiger partial charge >= 0.3 is 18.3 Å². The summed E-state index contributed by atoms with van der Waals surface area (Å²) in [5.41, 5.74) is -5.74. The largest absolute Gasteiger partial charge is 0.828 e. The molecular weight excluding hydrogens is 270 g/mol. The Labute approximate surface area is 98.7 Å². The molecule has 0 rings (SSSR count). The van der Waals surface area contributed by atoms with Gasteiger partial charge in [0.15, 0.2) is 5.60 Å². The smallest absolute Gasteiger partial charge is 0.399 e. The summed E-state index contributed by atoms with van der Waals surface area (Å²) in [6.45, 7) is 2.36. The van der Waals surface area contributed by atoms with Crippen LogP contribution in [-0.2, 0) is 9.53 Å². The molecule has 0 saturated heterocycles. The topological polar surface area (TPSA) is 49.4 Å². The van der Waals surface area contributed by atoms with Crippen LogP contribution in [0.5, 0.6) is 0 Å². The molecule has 9 heteroatoms. The van der Waals surface area contributed by atoms with Crippen molar-refractivity contribution in [2.75, 3.05) is 6.61 Å². The highest BCUT2D eigenvalue weighted by Gasteiger charge is 2.68. The Balaban J connectivity index is 5.08. The predicted molar refractivity (Wildman–Crippen MR) is 45.3 cm³/mol. The summed E-state index contributed by atoms with van der Waals surface area (Å²) in [6.07, 6.45) is -12.2. The fourth-order valence-electron chi connectivity index (χ4n) is 0.830. The van der Waals surface area contributed by atoms with Crippen molar-refractivity contribution in [2.45, 2.75) is 38.2 Å². The number of hydrogen-bond donors (Lipinski definition) is 0. The molecule has 0 N–H and O–H groups in total. The van der Waals surface area contributed by atoms with Crippen LogP contribution in [-0.4, -0.2) is 30.5 Å². The molecule has 0 spiro atoms. The third-order valence-corrected chi connectivity index (χ3v) is 2.28. The van der Waals surface area contributed by atoms with E-state index >= 15 is 0 Å². The minimum Gasteiger partial charge on any atom is -0.828 e. The van der Waals surface area contributed by atoms with Gasteiger partial charge in [-0.15, -0.1) is 0 Å². The first-order chi connectivity index (χ1) is 7.88. The average Bonchev–Trinajstić information content (AvgIpc) is 2.20. The highest BCUT2D eigenvalue weighted by Crippen LogP contribution is 2.41. The Bertz CT molecular complexity index is 282. The number of carbonyl (C=O) groups is 1. The maximum Gasteiger partial charge on any atom is 0.399 e. The first kappa shape index (κ1) is 17.0. The molecule has 0 aliphatic carbocycles. The van der Waals surface area contributed by atoms with Crippen molar-refractivity contribution in [1.29, 1.82) is 0 Å². The summed E-state index contributed by atoms with van der Waals surface area (Å²) in [6, 6.07) is 0. The van der Waals surface area contributed by atoms with Crippen LogP contribution in [0.1, 0.15) is 20.3 Å². The number of alkyl halides is 6. The second kappa shape index (κ2) is 5.33. The normalized spacial score (nSPS) is 15.4. The zero-order valence-corrected chi connectivity index (χ0v) is 9.48. The minimum atomic E-state index is -6.31. The molecule has 0 fully saturated rings. The van der Waals surface area contributed by atoms with E-state index in [4.69, 9.17) is 0 Å². The van der Waals surface area contributed by atoms with Crippen molar-refractivity contribution in [1.82, 2.24) is 0 Å². The van der Waals surface area contributed by atoms with Crippen molar-refractivity contribution in [2.24, 2.45) is 5.92 Å². The fourth-order valence-corrected chi connectivity index (χ4v) is 0.830. The summed E-state index contributed by atoms with van der Waals surface area (Å²) in [5, 5.41) is 10.8. The Kier molecular flexibility index (Phi) is 5.04. The maximum absolute atomic E-state index is 12.1. The first-order valence-electron chi connectivity index (χ1n) is 4.89. The molecule has 1 unspecified atom stereocenters. The van der Waals surface area contributed by atoms with E-state index in [1.54, 1.807) is 6.92 Å². The van der Waals surface area contributed by atoms with Crippen molar-refractivity contribution in [3.63, 3.8) is 0 Å². The SMILES string of the molecule is CCC(C)COC(=O)C([O-])(C(F)(F)F)C(F)(F)F. The molecule has 0 heterocycles. The number of rotatable bonds is 4. The Morgan fingerprint density at radius 1 is 1.17 bits per heavy atom. The molecular formula is C9H11F6O3-. The third kappa shape index (κ3) is 3.27. The van der Waals surface area contributed by atoms with Crippen LogP contribution in [0.25, 0.3) is 0 Å². The van der Waals surface area contributed by atoms with Crippen LogP contribution in [0, 0.1) is 5.92 Å².